The third-order valence-electron chi connectivity index (χ3n) is 2.55. The Labute approximate surface area is 106 Å². The van der Waals surface area contributed by atoms with E-state index in [4.69, 9.17) is 5.73 Å². The topological polar surface area (TPSA) is 38.9 Å². The smallest absolute Gasteiger partial charge is 0.0571 e. The number of pyridine rings is 1. The molecule has 0 aliphatic carbocycles. The van der Waals surface area contributed by atoms with Crippen molar-refractivity contribution in [3.8, 4) is 0 Å². The summed E-state index contributed by atoms with van der Waals surface area (Å²) in [6.45, 7) is 3.71. The lowest BCUT2D eigenvalue weighted by molar-refractivity contribution is 0.563. The Morgan fingerprint density at radius 2 is 2.19 bits per heavy atom. The number of unbranched alkanes of at least 4 members (excludes halogenated alkanes) is 3. The van der Waals surface area contributed by atoms with Crippen molar-refractivity contribution in [2.75, 3.05) is 0 Å². The number of aromatic nitrogens is 1. The van der Waals surface area contributed by atoms with Crippen LogP contribution in [0.15, 0.2) is 35.5 Å². The van der Waals surface area contributed by atoms with Gasteiger partial charge in [0.05, 0.1) is 5.69 Å². The van der Waals surface area contributed by atoms with E-state index in [1.807, 2.05) is 18.2 Å². The Kier molecular flexibility index (Phi) is 6.34. The molecular weight excluding hydrogens is 264 g/mol. The third-order valence-corrected chi connectivity index (χ3v) is 3.02. The molecule has 0 saturated carbocycles. The Balaban J connectivity index is 2.26. The first-order valence-electron chi connectivity index (χ1n) is 5.72. The second-order valence-electron chi connectivity index (χ2n) is 3.93. The maximum absolute atomic E-state index is 6.06. The van der Waals surface area contributed by atoms with Crippen molar-refractivity contribution in [3.05, 3.63) is 41.2 Å². The van der Waals surface area contributed by atoms with E-state index in [0.717, 1.165) is 29.4 Å². The maximum Gasteiger partial charge on any atom is 0.0571 e. The molecule has 1 atom stereocenters. The van der Waals surface area contributed by atoms with Crippen LogP contribution in [0.2, 0.25) is 0 Å². The highest BCUT2D eigenvalue weighted by Crippen LogP contribution is 2.17. The first-order chi connectivity index (χ1) is 7.74. The average molecular weight is 283 g/mol. The van der Waals surface area contributed by atoms with Gasteiger partial charge in [0, 0.05) is 16.7 Å². The first kappa shape index (κ1) is 13.4. The lowest BCUT2D eigenvalue weighted by Gasteiger charge is -2.10. The molecule has 1 aromatic rings. The summed E-state index contributed by atoms with van der Waals surface area (Å²) in [6.07, 6.45) is 9.47. The van der Waals surface area contributed by atoms with Crippen LogP contribution >= 0.6 is 15.9 Å². The highest BCUT2D eigenvalue weighted by molar-refractivity contribution is 9.10. The van der Waals surface area contributed by atoms with E-state index >= 15 is 0 Å². The van der Waals surface area contributed by atoms with Crippen LogP contribution in [0.5, 0.6) is 0 Å². The summed E-state index contributed by atoms with van der Waals surface area (Å²) in [7, 11) is 0. The zero-order valence-electron chi connectivity index (χ0n) is 9.53. The number of nitrogens with zero attached hydrogens (tertiary/aromatic N) is 1. The molecule has 2 nitrogen and oxygen atoms in total. The van der Waals surface area contributed by atoms with Crippen molar-refractivity contribution in [3.63, 3.8) is 0 Å². The summed E-state index contributed by atoms with van der Waals surface area (Å²) in [5.74, 6) is 0. The normalized spacial score (nSPS) is 12.4. The average Bonchev–Trinajstić information content (AvgIpc) is 2.29. The second kappa shape index (κ2) is 7.58. The van der Waals surface area contributed by atoms with Gasteiger partial charge in [0.2, 0.25) is 0 Å². The molecule has 1 rings (SSSR count). The van der Waals surface area contributed by atoms with Gasteiger partial charge in [-0.15, -0.1) is 6.58 Å². The molecule has 0 aliphatic rings. The predicted molar refractivity (Wildman–Crippen MR) is 72.1 cm³/mol. The van der Waals surface area contributed by atoms with Crippen LogP contribution in [-0.4, -0.2) is 4.98 Å². The summed E-state index contributed by atoms with van der Waals surface area (Å²) >= 11 is 3.36. The Morgan fingerprint density at radius 3 is 2.81 bits per heavy atom. The van der Waals surface area contributed by atoms with E-state index in [1.165, 1.54) is 12.8 Å². The highest BCUT2D eigenvalue weighted by atomic mass is 79.9. The van der Waals surface area contributed by atoms with Crippen molar-refractivity contribution in [2.45, 2.75) is 38.1 Å². The molecule has 0 aliphatic heterocycles. The zero-order chi connectivity index (χ0) is 11.8. The first-order valence-corrected chi connectivity index (χ1v) is 6.51. The van der Waals surface area contributed by atoms with E-state index in [2.05, 4.69) is 27.5 Å². The fraction of sp³-hybridized carbons (Fsp3) is 0.462. The molecule has 88 valence electrons. The number of allylic oxidation sites excluding steroid dienone is 1. The van der Waals surface area contributed by atoms with Crippen LogP contribution in [0.25, 0.3) is 0 Å². The van der Waals surface area contributed by atoms with Gasteiger partial charge >= 0.3 is 0 Å². The van der Waals surface area contributed by atoms with Crippen LogP contribution in [0.3, 0.4) is 0 Å². The SMILES string of the molecule is C=CCCCCCC(N)c1ccc(Br)cn1. The number of rotatable bonds is 7. The number of hydrogen-bond acceptors (Lipinski definition) is 2. The third kappa shape index (κ3) is 4.90. The van der Waals surface area contributed by atoms with Crippen molar-refractivity contribution < 1.29 is 0 Å². The monoisotopic (exact) mass is 282 g/mol. The molecule has 1 heterocycles. The van der Waals surface area contributed by atoms with Crippen molar-refractivity contribution in [2.24, 2.45) is 5.73 Å². The highest BCUT2D eigenvalue weighted by Gasteiger charge is 2.06. The van der Waals surface area contributed by atoms with Gasteiger partial charge in [-0.1, -0.05) is 18.9 Å². The molecule has 1 aromatic heterocycles. The summed E-state index contributed by atoms with van der Waals surface area (Å²) in [4.78, 5) is 4.31. The van der Waals surface area contributed by atoms with E-state index in [1.54, 1.807) is 6.20 Å². The molecule has 16 heavy (non-hydrogen) atoms. The fourth-order valence-electron chi connectivity index (χ4n) is 1.58. The summed E-state index contributed by atoms with van der Waals surface area (Å²) in [5.41, 5.74) is 7.04. The van der Waals surface area contributed by atoms with Crippen molar-refractivity contribution >= 4 is 15.9 Å². The van der Waals surface area contributed by atoms with E-state index in [-0.39, 0.29) is 6.04 Å². The molecule has 3 heteroatoms. The summed E-state index contributed by atoms with van der Waals surface area (Å²) < 4.78 is 0.995. The number of halogens is 1. The Morgan fingerprint density at radius 1 is 1.38 bits per heavy atom. The van der Waals surface area contributed by atoms with Crippen molar-refractivity contribution in [1.82, 2.24) is 4.98 Å². The summed E-state index contributed by atoms with van der Waals surface area (Å²) in [5, 5.41) is 0. The lowest BCUT2D eigenvalue weighted by atomic mass is 10.0. The molecule has 0 amide bonds. The molecular formula is C13H19BrN2. The van der Waals surface area contributed by atoms with E-state index in [9.17, 15) is 0 Å². The Bertz CT molecular complexity index is 308. The van der Waals surface area contributed by atoms with Gasteiger partial charge in [-0.25, -0.2) is 0 Å². The number of nitrogens with two attached hydrogens (primary N) is 1. The van der Waals surface area contributed by atoms with Gasteiger partial charge in [0.15, 0.2) is 0 Å². The van der Waals surface area contributed by atoms with Gasteiger partial charge in [0.1, 0.15) is 0 Å². The lowest BCUT2D eigenvalue weighted by Crippen LogP contribution is -2.11. The molecule has 0 fully saturated rings. The van der Waals surface area contributed by atoms with E-state index in [0.29, 0.717) is 0 Å². The van der Waals surface area contributed by atoms with Gasteiger partial charge in [-0.2, -0.15) is 0 Å². The quantitative estimate of drug-likeness (QED) is 0.607. The standard InChI is InChI=1S/C13H19BrN2/c1-2-3-4-5-6-7-12(15)13-9-8-11(14)10-16-13/h2,8-10,12H,1,3-7,15H2. The molecule has 0 radical (unpaired) electrons. The minimum atomic E-state index is 0.0665. The zero-order valence-corrected chi connectivity index (χ0v) is 11.1. The predicted octanol–water partition coefficient (Wildman–Crippen LogP) is 3.98. The molecule has 1 unspecified atom stereocenters. The van der Waals surface area contributed by atoms with Crippen LogP contribution in [0.4, 0.5) is 0 Å². The second-order valence-corrected chi connectivity index (χ2v) is 4.85. The summed E-state index contributed by atoms with van der Waals surface area (Å²) in [6, 6.07) is 4.04. The fourth-order valence-corrected chi connectivity index (χ4v) is 1.82. The Hall–Kier alpha value is -0.670. The molecule has 0 spiro atoms. The molecule has 0 aromatic carbocycles. The van der Waals surface area contributed by atoms with E-state index < -0.39 is 0 Å². The minimum absolute atomic E-state index is 0.0665. The minimum Gasteiger partial charge on any atom is -0.323 e. The van der Waals surface area contributed by atoms with Gasteiger partial charge in [0.25, 0.3) is 0 Å². The number of hydrogen-bond donors (Lipinski definition) is 1. The van der Waals surface area contributed by atoms with Crippen LogP contribution in [-0.2, 0) is 0 Å². The largest absolute Gasteiger partial charge is 0.323 e. The van der Waals surface area contributed by atoms with Crippen molar-refractivity contribution in [1.29, 1.82) is 0 Å². The van der Waals surface area contributed by atoms with Gasteiger partial charge in [-0.05, 0) is 47.3 Å². The molecule has 0 bridgehead atoms. The van der Waals surface area contributed by atoms with Gasteiger partial charge in [-0.3, -0.25) is 4.98 Å². The molecule has 2 N–H and O–H groups in total. The van der Waals surface area contributed by atoms with Crippen LogP contribution in [0.1, 0.15) is 43.8 Å². The molecule has 0 saturated heterocycles. The maximum atomic E-state index is 6.06. The van der Waals surface area contributed by atoms with Gasteiger partial charge < -0.3 is 5.73 Å². The van der Waals surface area contributed by atoms with Crippen LogP contribution < -0.4 is 5.73 Å². The van der Waals surface area contributed by atoms with Crippen LogP contribution in [0, 0.1) is 0 Å².